The third-order valence-electron chi connectivity index (χ3n) is 2.57. The van der Waals surface area contributed by atoms with Gasteiger partial charge in [-0.1, -0.05) is 17.8 Å². The Kier molecular flexibility index (Phi) is 3.48. The van der Waals surface area contributed by atoms with Crippen molar-refractivity contribution < 1.29 is 19.5 Å². The van der Waals surface area contributed by atoms with Crippen LogP contribution < -0.4 is 0 Å². The highest BCUT2D eigenvalue weighted by Crippen LogP contribution is 2.46. The van der Waals surface area contributed by atoms with Crippen LogP contribution in [0.2, 0.25) is 0 Å². The first kappa shape index (κ1) is 12.5. The number of hydrogen-bond acceptors (Lipinski definition) is 5. The molecule has 2 rings (SSSR count). The second-order valence-corrected chi connectivity index (χ2v) is 6.18. The highest BCUT2D eigenvalue weighted by Gasteiger charge is 2.52. The Morgan fingerprint density at radius 2 is 2.35 bits per heavy atom. The molecule has 0 aromatic heterocycles. The molecule has 2 aliphatic rings. The zero-order chi connectivity index (χ0) is 12.6. The average molecular weight is 273 g/mol. The summed E-state index contributed by atoms with van der Waals surface area (Å²) in [5.74, 6) is -0.666. The van der Waals surface area contributed by atoms with Crippen molar-refractivity contribution in [2.75, 3.05) is 5.75 Å². The molecule has 2 aliphatic heterocycles. The van der Waals surface area contributed by atoms with Crippen molar-refractivity contribution in [1.82, 2.24) is 4.90 Å². The summed E-state index contributed by atoms with van der Waals surface area (Å²) in [6, 6.07) is -0.848. The molecule has 0 aromatic carbocycles. The van der Waals surface area contributed by atoms with Gasteiger partial charge >= 0.3 is 5.97 Å². The van der Waals surface area contributed by atoms with Crippen LogP contribution in [0.3, 0.4) is 0 Å². The number of carbonyl (C=O) groups excluding carboxylic acids is 2. The molecular formula is C10H11NO4S2. The fraction of sp³-hybridized carbons (Fsp3) is 0.500. The second-order valence-electron chi connectivity index (χ2n) is 3.73. The molecule has 2 atom stereocenters. The van der Waals surface area contributed by atoms with Gasteiger partial charge in [0.15, 0.2) is 11.2 Å². The first-order chi connectivity index (χ1) is 8.00. The van der Waals surface area contributed by atoms with Crippen LogP contribution in [0.25, 0.3) is 0 Å². The maximum Gasteiger partial charge on any atom is 0.331 e. The Bertz CT molecular complexity index is 421. The van der Waals surface area contributed by atoms with Gasteiger partial charge in [-0.15, -0.1) is 11.8 Å². The molecule has 5 nitrogen and oxygen atoms in total. The van der Waals surface area contributed by atoms with E-state index in [1.54, 1.807) is 6.08 Å². The van der Waals surface area contributed by atoms with E-state index in [1.165, 1.54) is 23.6 Å². The summed E-state index contributed by atoms with van der Waals surface area (Å²) in [6.07, 6.45) is 2.15. The molecule has 0 saturated carbocycles. The van der Waals surface area contributed by atoms with Crippen molar-refractivity contribution in [2.24, 2.45) is 0 Å². The molecule has 1 unspecified atom stereocenters. The number of aliphatic carboxylic acids is 1. The van der Waals surface area contributed by atoms with Crippen molar-refractivity contribution in [3.05, 3.63) is 11.0 Å². The summed E-state index contributed by atoms with van der Waals surface area (Å²) < 4.78 is 0. The minimum atomic E-state index is -1.01. The van der Waals surface area contributed by atoms with Crippen molar-refractivity contribution >= 4 is 40.5 Å². The normalized spacial score (nSPS) is 29.1. The molecule has 2 saturated heterocycles. The topological polar surface area (TPSA) is 74.7 Å². The molecule has 2 heterocycles. The largest absolute Gasteiger partial charge is 0.479 e. The van der Waals surface area contributed by atoms with Crippen LogP contribution in [0, 0.1) is 0 Å². The standard InChI is InChI=1S/C10H11NO4S2/c1-5(12)16-3-2-6-9(10(14)15)11-7(13)4-8(11)17-6/h2,8-9H,3-4H2,1H3,(H,14,15)/t8-,9?/m1/s1. The number of carbonyl (C=O) groups is 3. The zero-order valence-corrected chi connectivity index (χ0v) is 10.7. The lowest BCUT2D eigenvalue weighted by Crippen LogP contribution is -2.53. The van der Waals surface area contributed by atoms with Crippen LogP contribution >= 0.6 is 23.5 Å². The van der Waals surface area contributed by atoms with Crippen LogP contribution in [0.4, 0.5) is 0 Å². The van der Waals surface area contributed by atoms with Gasteiger partial charge in [0, 0.05) is 17.6 Å². The quantitative estimate of drug-likeness (QED) is 0.770. The van der Waals surface area contributed by atoms with E-state index >= 15 is 0 Å². The number of fused-ring (bicyclic) bond motifs is 1. The Balaban J connectivity index is 2.09. The number of nitrogens with zero attached hydrogens (tertiary/aromatic N) is 1. The molecule has 17 heavy (non-hydrogen) atoms. The minimum absolute atomic E-state index is 0.00363. The summed E-state index contributed by atoms with van der Waals surface area (Å²) in [4.78, 5) is 35.3. The SMILES string of the molecule is CC(=O)SCC=C1S[C@@H]2CC(=O)N2C1C(=O)O. The smallest absolute Gasteiger partial charge is 0.331 e. The van der Waals surface area contributed by atoms with E-state index in [0.29, 0.717) is 17.1 Å². The zero-order valence-electron chi connectivity index (χ0n) is 9.08. The molecule has 0 aromatic rings. The van der Waals surface area contributed by atoms with Gasteiger partial charge in [-0.25, -0.2) is 4.79 Å². The van der Waals surface area contributed by atoms with E-state index in [1.807, 2.05) is 0 Å². The van der Waals surface area contributed by atoms with Gasteiger partial charge in [-0.3, -0.25) is 9.59 Å². The van der Waals surface area contributed by atoms with E-state index in [0.717, 1.165) is 11.8 Å². The van der Waals surface area contributed by atoms with Crippen molar-refractivity contribution in [2.45, 2.75) is 24.8 Å². The third kappa shape index (κ3) is 2.35. The average Bonchev–Trinajstić information content (AvgIpc) is 2.50. The monoisotopic (exact) mass is 273 g/mol. The highest BCUT2D eigenvalue weighted by molar-refractivity contribution is 8.13. The molecular weight excluding hydrogens is 262 g/mol. The van der Waals surface area contributed by atoms with E-state index in [9.17, 15) is 14.4 Å². The summed E-state index contributed by atoms with van der Waals surface area (Å²) in [5, 5.41) is 9.08. The minimum Gasteiger partial charge on any atom is -0.479 e. The summed E-state index contributed by atoms with van der Waals surface area (Å²) in [7, 11) is 0. The van der Waals surface area contributed by atoms with E-state index < -0.39 is 12.0 Å². The molecule has 1 amide bonds. The van der Waals surface area contributed by atoms with Gasteiger partial charge in [0.25, 0.3) is 0 Å². The molecule has 0 spiro atoms. The Hall–Kier alpha value is -0.950. The van der Waals surface area contributed by atoms with Crippen molar-refractivity contribution in [1.29, 1.82) is 0 Å². The highest BCUT2D eigenvalue weighted by atomic mass is 32.2. The molecule has 1 N–H and O–H groups in total. The van der Waals surface area contributed by atoms with E-state index in [2.05, 4.69) is 0 Å². The third-order valence-corrected chi connectivity index (χ3v) is 4.64. The number of amides is 1. The van der Waals surface area contributed by atoms with Crippen LogP contribution in [0.1, 0.15) is 13.3 Å². The molecule has 92 valence electrons. The van der Waals surface area contributed by atoms with Crippen molar-refractivity contribution in [3.63, 3.8) is 0 Å². The summed E-state index contributed by atoms with van der Waals surface area (Å²) in [6.45, 7) is 1.47. The van der Waals surface area contributed by atoms with E-state index in [-0.39, 0.29) is 16.4 Å². The van der Waals surface area contributed by atoms with Crippen LogP contribution in [-0.2, 0) is 14.4 Å². The van der Waals surface area contributed by atoms with Gasteiger partial charge in [-0.2, -0.15) is 0 Å². The first-order valence-electron chi connectivity index (χ1n) is 5.04. The number of carboxylic acid groups (broad SMARTS) is 1. The number of thioether (sulfide) groups is 2. The Morgan fingerprint density at radius 3 is 2.88 bits per heavy atom. The number of β-lactam (4-membered cyclic amide) rings is 1. The summed E-state index contributed by atoms with van der Waals surface area (Å²) >= 11 is 2.54. The van der Waals surface area contributed by atoms with Gasteiger partial charge in [0.05, 0.1) is 11.8 Å². The van der Waals surface area contributed by atoms with Gasteiger partial charge in [0.2, 0.25) is 5.91 Å². The van der Waals surface area contributed by atoms with Gasteiger partial charge in [0.1, 0.15) is 0 Å². The molecule has 2 fully saturated rings. The predicted octanol–water partition coefficient (Wildman–Crippen LogP) is 0.908. The fourth-order valence-corrected chi connectivity index (χ4v) is 3.83. The molecule has 0 aliphatic carbocycles. The van der Waals surface area contributed by atoms with Crippen LogP contribution in [-0.4, -0.2) is 44.2 Å². The number of rotatable bonds is 3. The lowest BCUT2D eigenvalue weighted by Gasteiger charge is -2.35. The lowest BCUT2D eigenvalue weighted by molar-refractivity contribution is -0.154. The van der Waals surface area contributed by atoms with Gasteiger partial charge < -0.3 is 10.0 Å². The summed E-state index contributed by atoms with van der Waals surface area (Å²) in [5.41, 5.74) is 0. The lowest BCUT2D eigenvalue weighted by atomic mass is 10.1. The molecule has 7 heteroatoms. The Morgan fingerprint density at radius 1 is 1.65 bits per heavy atom. The second kappa shape index (κ2) is 4.73. The maximum absolute atomic E-state index is 11.3. The maximum atomic E-state index is 11.3. The predicted molar refractivity (Wildman–Crippen MR) is 65.5 cm³/mol. The first-order valence-corrected chi connectivity index (χ1v) is 6.91. The van der Waals surface area contributed by atoms with Crippen molar-refractivity contribution in [3.8, 4) is 0 Å². The van der Waals surface area contributed by atoms with Crippen LogP contribution in [0.15, 0.2) is 11.0 Å². The van der Waals surface area contributed by atoms with Gasteiger partial charge in [-0.05, 0) is 0 Å². The van der Waals surface area contributed by atoms with Crippen LogP contribution in [0.5, 0.6) is 0 Å². The number of carboxylic acids is 1. The fourth-order valence-electron chi connectivity index (χ4n) is 1.81. The van der Waals surface area contributed by atoms with E-state index in [4.69, 9.17) is 5.11 Å². The molecule has 0 bridgehead atoms. The number of hydrogen-bond donors (Lipinski definition) is 1. The molecule has 0 radical (unpaired) electrons. The Labute approximate surface area is 107 Å².